The standard InChI is InChI=1S/C10H11N3S2/c1-12-9(14-2)10-13-7-4-3-6(11)5-8(7)15-10/h3-5H,11H2,1-2H3. The minimum Gasteiger partial charge on any atom is -0.399 e. The van der Waals surface area contributed by atoms with Crippen LogP contribution in [0.5, 0.6) is 0 Å². The molecule has 0 spiro atoms. The Hall–Kier alpha value is -1.07. The molecular formula is C10H11N3S2. The Morgan fingerprint density at radius 3 is 3.00 bits per heavy atom. The van der Waals surface area contributed by atoms with Crippen LogP contribution in [-0.2, 0) is 0 Å². The van der Waals surface area contributed by atoms with E-state index >= 15 is 0 Å². The molecule has 1 aromatic carbocycles. The molecule has 78 valence electrons. The van der Waals surface area contributed by atoms with Gasteiger partial charge in [-0.1, -0.05) is 0 Å². The van der Waals surface area contributed by atoms with Crippen molar-refractivity contribution in [2.45, 2.75) is 0 Å². The van der Waals surface area contributed by atoms with Gasteiger partial charge in [0.15, 0.2) is 0 Å². The summed E-state index contributed by atoms with van der Waals surface area (Å²) in [6.45, 7) is 0. The van der Waals surface area contributed by atoms with Gasteiger partial charge < -0.3 is 5.73 Å². The van der Waals surface area contributed by atoms with Gasteiger partial charge in [0.05, 0.1) is 10.2 Å². The molecule has 0 bridgehead atoms. The fourth-order valence-corrected chi connectivity index (χ4v) is 3.03. The zero-order valence-electron chi connectivity index (χ0n) is 8.52. The zero-order valence-corrected chi connectivity index (χ0v) is 10.2. The van der Waals surface area contributed by atoms with Crippen molar-refractivity contribution in [1.29, 1.82) is 0 Å². The molecule has 3 nitrogen and oxygen atoms in total. The van der Waals surface area contributed by atoms with E-state index in [1.165, 1.54) is 0 Å². The number of nitrogens with zero attached hydrogens (tertiary/aromatic N) is 2. The third-order valence-corrected chi connectivity index (χ3v) is 3.91. The minimum absolute atomic E-state index is 0.775. The van der Waals surface area contributed by atoms with Crippen LogP contribution in [-0.4, -0.2) is 23.3 Å². The van der Waals surface area contributed by atoms with Crippen LogP contribution in [0.3, 0.4) is 0 Å². The van der Waals surface area contributed by atoms with E-state index in [1.54, 1.807) is 30.1 Å². The Bertz CT molecular complexity index is 516. The Labute approximate surface area is 96.4 Å². The molecule has 0 saturated carbocycles. The summed E-state index contributed by atoms with van der Waals surface area (Å²) in [5.74, 6) is 0. The molecule has 0 amide bonds. The number of nitrogens with two attached hydrogens (primary N) is 1. The number of fused-ring (bicyclic) bond motifs is 1. The lowest BCUT2D eigenvalue weighted by atomic mass is 10.3. The van der Waals surface area contributed by atoms with Crippen LogP contribution in [0.15, 0.2) is 23.2 Å². The van der Waals surface area contributed by atoms with Gasteiger partial charge in [0.25, 0.3) is 0 Å². The molecule has 0 fully saturated rings. The molecule has 1 aromatic heterocycles. The van der Waals surface area contributed by atoms with E-state index in [9.17, 15) is 0 Å². The van der Waals surface area contributed by atoms with Crippen molar-refractivity contribution in [2.24, 2.45) is 4.99 Å². The second-order valence-corrected chi connectivity index (χ2v) is 4.80. The summed E-state index contributed by atoms with van der Waals surface area (Å²) in [5, 5.41) is 1.93. The monoisotopic (exact) mass is 237 g/mol. The normalized spacial score (nSPS) is 12.3. The quantitative estimate of drug-likeness (QED) is 0.471. The van der Waals surface area contributed by atoms with E-state index in [2.05, 4.69) is 9.98 Å². The number of hydrogen-bond acceptors (Lipinski definition) is 5. The summed E-state index contributed by atoms with van der Waals surface area (Å²) < 4.78 is 1.11. The predicted octanol–water partition coefficient (Wildman–Crippen LogP) is 2.62. The van der Waals surface area contributed by atoms with Gasteiger partial charge in [0, 0.05) is 12.7 Å². The molecule has 2 rings (SSSR count). The molecule has 1 heterocycles. The van der Waals surface area contributed by atoms with Gasteiger partial charge in [0.1, 0.15) is 10.1 Å². The van der Waals surface area contributed by atoms with E-state index in [1.807, 2.05) is 24.5 Å². The van der Waals surface area contributed by atoms with Crippen molar-refractivity contribution in [3.8, 4) is 0 Å². The van der Waals surface area contributed by atoms with Crippen LogP contribution in [0.1, 0.15) is 5.01 Å². The fraction of sp³-hybridized carbons (Fsp3) is 0.200. The maximum Gasteiger partial charge on any atom is 0.149 e. The van der Waals surface area contributed by atoms with Crippen molar-refractivity contribution < 1.29 is 0 Å². The number of anilines is 1. The highest BCUT2D eigenvalue weighted by atomic mass is 32.2. The first-order valence-electron chi connectivity index (χ1n) is 4.42. The van der Waals surface area contributed by atoms with Gasteiger partial charge in [0.2, 0.25) is 0 Å². The predicted molar refractivity (Wildman–Crippen MR) is 70.0 cm³/mol. The average Bonchev–Trinajstić information content (AvgIpc) is 2.62. The summed E-state index contributed by atoms with van der Waals surface area (Å²) in [4.78, 5) is 8.70. The lowest BCUT2D eigenvalue weighted by Gasteiger charge is -1.93. The maximum atomic E-state index is 5.72. The van der Waals surface area contributed by atoms with Crippen LogP contribution in [0, 0.1) is 0 Å². The molecule has 15 heavy (non-hydrogen) atoms. The summed E-state index contributed by atoms with van der Waals surface area (Å²) in [6.07, 6.45) is 2.00. The second kappa shape index (κ2) is 4.20. The van der Waals surface area contributed by atoms with Crippen LogP contribution in [0.4, 0.5) is 5.69 Å². The SMILES string of the molecule is CN=C(SC)c1nc2ccc(N)cc2s1. The third kappa shape index (κ3) is 1.98. The first kappa shape index (κ1) is 10.4. The Kier molecular flexibility index (Phi) is 2.93. The van der Waals surface area contributed by atoms with Gasteiger partial charge in [-0.2, -0.15) is 0 Å². The second-order valence-electron chi connectivity index (χ2n) is 2.98. The number of benzene rings is 1. The summed E-state index contributed by atoms with van der Waals surface area (Å²) in [5.41, 5.74) is 7.48. The number of rotatable bonds is 1. The number of thioether (sulfide) groups is 1. The maximum absolute atomic E-state index is 5.72. The van der Waals surface area contributed by atoms with Crippen LogP contribution < -0.4 is 5.73 Å². The fourth-order valence-electron chi connectivity index (χ4n) is 1.31. The van der Waals surface area contributed by atoms with Gasteiger partial charge in [-0.25, -0.2) is 4.98 Å². The lowest BCUT2D eigenvalue weighted by Crippen LogP contribution is -1.92. The first-order valence-corrected chi connectivity index (χ1v) is 6.46. The molecule has 0 aliphatic rings. The van der Waals surface area contributed by atoms with Crippen molar-refractivity contribution in [3.63, 3.8) is 0 Å². The van der Waals surface area contributed by atoms with Crippen LogP contribution in [0.25, 0.3) is 10.2 Å². The van der Waals surface area contributed by atoms with Gasteiger partial charge in [-0.15, -0.1) is 23.1 Å². The topological polar surface area (TPSA) is 51.3 Å². The van der Waals surface area contributed by atoms with Crippen molar-refractivity contribution in [1.82, 2.24) is 4.98 Å². The summed E-state index contributed by atoms with van der Waals surface area (Å²) in [6, 6.07) is 5.76. The molecule has 0 aliphatic carbocycles. The largest absolute Gasteiger partial charge is 0.399 e. The number of aliphatic imine (C=N–C) groups is 1. The van der Waals surface area contributed by atoms with Crippen LogP contribution >= 0.6 is 23.1 Å². The van der Waals surface area contributed by atoms with Crippen molar-refractivity contribution in [2.75, 3.05) is 19.0 Å². The molecule has 0 saturated heterocycles. The van der Waals surface area contributed by atoms with Gasteiger partial charge in [-0.05, 0) is 24.5 Å². The third-order valence-electron chi connectivity index (χ3n) is 1.99. The van der Waals surface area contributed by atoms with Crippen molar-refractivity contribution >= 4 is 44.0 Å². The molecule has 0 unspecified atom stereocenters. The van der Waals surface area contributed by atoms with E-state index in [0.29, 0.717) is 0 Å². The Balaban J connectivity index is 2.56. The Morgan fingerprint density at radius 1 is 1.53 bits per heavy atom. The molecule has 2 aromatic rings. The lowest BCUT2D eigenvalue weighted by molar-refractivity contribution is 1.41. The molecular weight excluding hydrogens is 226 g/mol. The van der Waals surface area contributed by atoms with E-state index in [4.69, 9.17) is 5.73 Å². The number of hydrogen-bond donors (Lipinski definition) is 1. The molecule has 2 N–H and O–H groups in total. The highest BCUT2D eigenvalue weighted by molar-refractivity contribution is 8.14. The molecule has 0 radical (unpaired) electrons. The number of aromatic nitrogens is 1. The van der Waals surface area contributed by atoms with E-state index in [-0.39, 0.29) is 0 Å². The summed E-state index contributed by atoms with van der Waals surface area (Å²) in [7, 11) is 1.78. The zero-order chi connectivity index (χ0) is 10.8. The first-order chi connectivity index (χ1) is 7.24. The minimum atomic E-state index is 0.775. The average molecular weight is 237 g/mol. The number of thiazole rings is 1. The highest BCUT2D eigenvalue weighted by Crippen LogP contribution is 2.26. The van der Waals surface area contributed by atoms with Gasteiger partial charge in [-0.3, -0.25) is 4.99 Å². The molecule has 0 atom stereocenters. The van der Waals surface area contributed by atoms with E-state index in [0.717, 1.165) is 26.0 Å². The Morgan fingerprint density at radius 2 is 2.33 bits per heavy atom. The van der Waals surface area contributed by atoms with E-state index < -0.39 is 0 Å². The number of nitrogen functional groups attached to an aromatic ring is 1. The van der Waals surface area contributed by atoms with Crippen LogP contribution in [0.2, 0.25) is 0 Å². The smallest absolute Gasteiger partial charge is 0.149 e. The highest BCUT2D eigenvalue weighted by Gasteiger charge is 2.08. The molecule has 0 aliphatic heterocycles. The summed E-state index contributed by atoms with van der Waals surface area (Å²) >= 11 is 3.24. The molecule has 5 heteroatoms. The van der Waals surface area contributed by atoms with Gasteiger partial charge >= 0.3 is 0 Å². The van der Waals surface area contributed by atoms with Crippen molar-refractivity contribution in [3.05, 3.63) is 23.2 Å².